The Labute approximate surface area is 200 Å². The fourth-order valence-electron chi connectivity index (χ4n) is 4.04. The monoisotopic (exact) mass is 476 g/mol. The molecule has 1 aliphatic heterocycles. The predicted molar refractivity (Wildman–Crippen MR) is 129 cm³/mol. The van der Waals surface area contributed by atoms with Crippen LogP contribution in [0.2, 0.25) is 0 Å². The van der Waals surface area contributed by atoms with E-state index in [0.29, 0.717) is 34.5 Å². The molecule has 1 aliphatic rings. The van der Waals surface area contributed by atoms with Crippen LogP contribution in [-0.2, 0) is 14.3 Å². The molecule has 1 saturated heterocycles. The largest absolute Gasteiger partial charge is 0.452 e. The molecule has 0 aliphatic carbocycles. The van der Waals surface area contributed by atoms with Crippen LogP contribution < -0.4 is 5.32 Å². The summed E-state index contributed by atoms with van der Waals surface area (Å²) in [5, 5.41) is 9.98. The lowest BCUT2D eigenvalue weighted by molar-refractivity contribution is -0.124. The van der Waals surface area contributed by atoms with E-state index in [1.165, 1.54) is 11.3 Å². The molecule has 0 unspecified atom stereocenters. The molecule has 34 heavy (non-hydrogen) atoms. The molecule has 1 amide bonds. The summed E-state index contributed by atoms with van der Waals surface area (Å²) in [5.41, 5.74) is 3.03. The molecule has 3 aromatic heterocycles. The summed E-state index contributed by atoms with van der Waals surface area (Å²) in [4.78, 5) is 31.1. The Morgan fingerprint density at radius 3 is 2.82 bits per heavy atom. The van der Waals surface area contributed by atoms with Crippen molar-refractivity contribution in [2.24, 2.45) is 0 Å². The lowest BCUT2D eigenvalue weighted by Gasteiger charge is -2.11. The molecular formula is C25H24N4O4S. The molecular weight excluding hydrogens is 452 g/mol. The van der Waals surface area contributed by atoms with Crippen molar-refractivity contribution in [2.45, 2.75) is 25.9 Å². The first-order valence-electron chi connectivity index (χ1n) is 11.2. The number of rotatable bonds is 7. The smallest absolute Gasteiger partial charge is 0.339 e. The summed E-state index contributed by atoms with van der Waals surface area (Å²) in [6, 6.07) is 15.2. The highest BCUT2D eigenvalue weighted by Gasteiger charge is 2.23. The fourth-order valence-corrected chi connectivity index (χ4v) is 4.73. The minimum atomic E-state index is -0.590. The fraction of sp³-hybridized carbons (Fsp3) is 0.280. The Balaban J connectivity index is 1.45. The van der Waals surface area contributed by atoms with E-state index in [-0.39, 0.29) is 18.6 Å². The third-order valence-electron chi connectivity index (χ3n) is 5.69. The summed E-state index contributed by atoms with van der Waals surface area (Å²) in [6.45, 7) is 2.60. The van der Waals surface area contributed by atoms with Gasteiger partial charge in [-0.2, -0.15) is 5.10 Å². The molecule has 1 fully saturated rings. The van der Waals surface area contributed by atoms with E-state index >= 15 is 0 Å². The summed E-state index contributed by atoms with van der Waals surface area (Å²) in [6.07, 6.45) is 1.95. The third kappa shape index (κ3) is 4.57. The normalized spacial score (nSPS) is 15.5. The SMILES string of the molecule is Cc1nn(-c2ccccc2)c2nc(-c3cccs3)cc(C(=O)OCC(=O)NC[C@H]3CCCO3)c12. The number of esters is 1. The molecule has 174 valence electrons. The zero-order valence-corrected chi connectivity index (χ0v) is 19.5. The van der Waals surface area contributed by atoms with Gasteiger partial charge in [-0.25, -0.2) is 14.5 Å². The van der Waals surface area contributed by atoms with E-state index in [0.717, 1.165) is 30.0 Å². The van der Waals surface area contributed by atoms with Gasteiger partial charge in [-0.1, -0.05) is 24.3 Å². The summed E-state index contributed by atoms with van der Waals surface area (Å²) >= 11 is 1.53. The van der Waals surface area contributed by atoms with Gasteiger partial charge in [0.05, 0.1) is 39.0 Å². The number of aromatic nitrogens is 3. The second-order valence-corrected chi connectivity index (χ2v) is 9.03. The van der Waals surface area contributed by atoms with Gasteiger partial charge in [0, 0.05) is 13.2 Å². The number of nitrogens with one attached hydrogen (secondary N) is 1. The summed E-state index contributed by atoms with van der Waals surface area (Å²) in [7, 11) is 0. The van der Waals surface area contributed by atoms with Crippen LogP contribution >= 0.6 is 11.3 Å². The van der Waals surface area contributed by atoms with E-state index in [4.69, 9.17) is 14.5 Å². The van der Waals surface area contributed by atoms with Crippen LogP contribution in [0.15, 0.2) is 53.9 Å². The molecule has 4 heterocycles. The number of benzene rings is 1. The van der Waals surface area contributed by atoms with Gasteiger partial charge < -0.3 is 14.8 Å². The van der Waals surface area contributed by atoms with Crippen LogP contribution in [-0.4, -0.2) is 52.5 Å². The second kappa shape index (κ2) is 9.74. The van der Waals surface area contributed by atoms with Crippen LogP contribution in [0.4, 0.5) is 0 Å². The molecule has 0 bridgehead atoms. The number of ether oxygens (including phenoxy) is 2. The van der Waals surface area contributed by atoms with Crippen molar-refractivity contribution in [3.05, 3.63) is 65.2 Å². The van der Waals surface area contributed by atoms with Gasteiger partial charge in [0.25, 0.3) is 5.91 Å². The molecule has 0 radical (unpaired) electrons. The molecule has 9 heteroatoms. The average Bonchev–Trinajstić information content (AvgIpc) is 3.63. The van der Waals surface area contributed by atoms with Crippen LogP contribution in [0, 0.1) is 6.92 Å². The maximum Gasteiger partial charge on any atom is 0.339 e. The molecule has 1 N–H and O–H groups in total. The van der Waals surface area contributed by atoms with Crippen molar-refractivity contribution in [3.8, 4) is 16.3 Å². The van der Waals surface area contributed by atoms with Gasteiger partial charge in [0.15, 0.2) is 12.3 Å². The first-order valence-corrected chi connectivity index (χ1v) is 12.0. The molecule has 1 atom stereocenters. The Morgan fingerprint density at radius 2 is 2.09 bits per heavy atom. The van der Waals surface area contributed by atoms with Crippen molar-refractivity contribution in [3.63, 3.8) is 0 Å². The van der Waals surface area contributed by atoms with Crippen LogP contribution in [0.5, 0.6) is 0 Å². The Hall–Kier alpha value is -3.56. The maximum absolute atomic E-state index is 13.2. The molecule has 0 saturated carbocycles. The minimum absolute atomic E-state index is 0.0271. The average molecular weight is 477 g/mol. The summed E-state index contributed by atoms with van der Waals surface area (Å²) < 4.78 is 12.6. The van der Waals surface area contributed by atoms with Crippen LogP contribution in [0.25, 0.3) is 27.3 Å². The highest BCUT2D eigenvalue weighted by Crippen LogP contribution is 2.31. The molecule has 8 nitrogen and oxygen atoms in total. The van der Waals surface area contributed by atoms with Crippen molar-refractivity contribution in [1.29, 1.82) is 0 Å². The van der Waals surface area contributed by atoms with Gasteiger partial charge in [-0.15, -0.1) is 11.3 Å². The zero-order valence-electron chi connectivity index (χ0n) is 18.7. The zero-order chi connectivity index (χ0) is 23.5. The first-order chi connectivity index (χ1) is 16.6. The van der Waals surface area contributed by atoms with Gasteiger partial charge in [0.1, 0.15) is 0 Å². The number of aryl methyl sites for hydroxylation is 1. The number of fused-ring (bicyclic) bond motifs is 1. The van der Waals surface area contributed by atoms with E-state index in [9.17, 15) is 9.59 Å². The van der Waals surface area contributed by atoms with Crippen LogP contribution in [0.1, 0.15) is 28.9 Å². The quantitative estimate of drug-likeness (QED) is 0.407. The second-order valence-electron chi connectivity index (χ2n) is 8.08. The Morgan fingerprint density at radius 1 is 1.24 bits per heavy atom. The topological polar surface area (TPSA) is 95.3 Å². The predicted octanol–water partition coefficient (Wildman–Crippen LogP) is 3.91. The van der Waals surface area contributed by atoms with Crippen molar-refractivity contribution in [2.75, 3.05) is 19.8 Å². The van der Waals surface area contributed by atoms with E-state index < -0.39 is 5.97 Å². The Kier molecular flexibility index (Phi) is 6.37. The van der Waals surface area contributed by atoms with Gasteiger partial charge >= 0.3 is 5.97 Å². The maximum atomic E-state index is 13.2. The number of hydrogen-bond acceptors (Lipinski definition) is 7. The number of carbonyl (C=O) groups excluding carboxylic acids is 2. The number of pyridine rings is 1. The van der Waals surface area contributed by atoms with Crippen molar-refractivity contribution in [1.82, 2.24) is 20.1 Å². The van der Waals surface area contributed by atoms with Gasteiger partial charge in [-0.3, -0.25) is 4.79 Å². The van der Waals surface area contributed by atoms with Gasteiger partial charge in [0.2, 0.25) is 0 Å². The molecule has 1 aromatic carbocycles. The number of carbonyl (C=O) groups is 2. The first kappa shape index (κ1) is 22.2. The Bertz CT molecular complexity index is 1310. The highest BCUT2D eigenvalue weighted by molar-refractivity contribution is 7.13. The molecule has 0 spiro atoms. The third-order valence-corrected chi connectivity index (χ3v) is 6.58. The standard InChI is InChI=1S/C25H24N4O4S/c1-16-23-19(25(31)33-15-22(30)26-14-18-9-5-11-32-18)13-20(21-10-6-12-34-21)27-24(23)29(28-16)17-7-3-2-4-8-17/h2-4,6-8,10,12-13,18H,5,9,11,14-15H2,1H3,(H,26,30)/t18-/m1/s1. The summed E-state index contributed by atoms with van der Waals surface area (Å²) in [5.74, 6) is -0.947. The van der Waals surface area contributed by atoms with E-state index in [1.54, 1.807) is 10.7 Å². The minimum Gasteiger partial charge on any atom is -0.452 e. The molecule has 5 rings (SSSR count). The van der Waals surface area contributed by atoms with E-state index in [1.807, 2.05) is 54.8 Å². The highest BCUT2D eigenvalue weighted by atomic mass is 32.1. The van der Waals surface area contributed by atoms with Crippen molar-refractivity contribution >= 4 is 34.2 Å². The van der Waals surface area contributed by atoms with Crippen LogP contribution in [0.3, 0.4) is 0 Å². The lowest BCUT2D eigenvalue weighted by atomic mass is 10.1. The van der Waals surface area contributed by atoms with Crippen molar-refractivity contribution < 1.29 is 19.1 Å². The number of amides is 1. The number of hydrogen-bond donors (Lipinski definition) is 1. The van der Waals surface area contributed by atoms with E-state index in [2.05, 4.69) is 10.4 Å². The molecule has 4 aromatic rings. The number of nitrogens with zero attached hydrogens (tertiary/aromatic N) is 3. The lowest BCUT2D eigenvalue weighted by Crippen LogP contribution is -2.34. The number of thiophene rings is 1. The van der Waals surface area contributed by atoms with Gasteiger partial charge in [-0.05, 0) is 49.4 Å². The number of para-hydroxylation sites is 1.